The molecule has 0 heterocycles. The Morgan fingerprint density at radius 3 is 2.67 bits per heavy atom. The molecule has 0 saturated heterocycles. The Labute approximate surface area is 92.6 Å². The van der Waals surface area contributed by atoms with Gasteiger partial charge in [0.05, 0.1) is 6.61 Å². The van der Waals surface area contributed by atoms with Gasteiger partial charge in [0.15, 0.2) is 0 Å². The summed E-state index contributed by atoms with van der Waals surface area (Å²) in [6.45, 7) is 3.95. The number of aryl methyl sites for hydroxylation is 1. The van der Waals surface area contributed by atoms with Crippen LogP contribution in [0.1, 0.15) is 18.9 Å². The fourth-order valence-electron chi connectivity index (χ4n) is 1.54. The van der Waals surface area contributed by atoms with Gasteiger partial charge in [0.1, 0.15) is 0 Å². The average molecular weight is 207 g/mol. The van der Waals surface area contributed by atoms with Gasteiger partial charge in [-0.2, -0.15) is 0 Å². The van der Waals surface area contributed by atoms with Crippen LogP contribution in [0.25, 0.3) is 0 Å². The summed E-state index contributed by atoms with van der Waals surface area (Å²) >= 11 is 0. The van der Waals surface area contributed by atoms with Gasteiger partial charge in [-0.1, -0.05) is 30.3 Å². The second kappa shape index (κ2) is 7.43. The van der Waals surface area contributed by atoms with Gasteiger partial charge in [-0.25, -0.2) is 0 Å². The Morgan fingerprint density at radius 1 is 1.27 bits per heavy atom. The number of hydrogen-bond donors (Lipinski definition) is 1. The maximum Gasteiger partial charge on any atom is 0.0587 e. The van der Waals surface area contributed by atoms with Crippen LogP contribution in [-0.2, 0) is 11.2 Å². The first kappa shape index (κ1) is 12.2. The van der Waals surface area contributed by atoms with E-state index in [0.717, 1.165) is 19.6 Å². The summed E-state index contributed by atoms with van der Waals surface area (Å²) in [6.07, 6.45) is 2.32. The van der Waals surface area contributed by atoms with E-state index in [1.807, 2.05) is 0 Å². The number of ether oxygens (including phenoxy) is 1. The van der Waals surface area contributed by atoms with Crippen LogP contribution in [0.15, 0.2) is 30.3 Å². The number of benzene rings is 1. The monoisotopic (exact) mass is 207 g/mol. The highest BCUT2D eigenvalue weighted by Crippen LogP contribution is 2.04. The largest absolute Gasteiger partial charge is 0.383 e. The molecule has 0 radical (unpaired) electrons. The van der Waals surface area contributed by atoms with Crippen molar-refractivity contribution in [2.24, 2.45) is 0 Å². The van der Waals surface area contributed by atoms with Gasteiger partial charge in [-0.3, -0.25) is 0 Å². The molecule has 1 atom stereocenters. The summed E-state index contributed by atoms with van der Waals surface area (Å²) in [5.41, 5.74) is 1.41. The zero-order valence-corrected chi connectivity index (χ0v) is 9.70. The Balaban J connectivity index is 2.14. The molecule has 1 aromatic carbocycles. The summed E-state index contributed by atoms with van der Waals surface area (Å²) in [5, 5.41) is 3.43. The standard InChI is InChI=1S/C13H21NO/c1-12(14-10-11-15-2)8-9-13-6-4-3-5-7-13/h3-7,12,14H,8-11H2,1-2H3. The van der Waals surface area contributed by atoms with Crippen molar-refractivity contribution >= 4 is 0 Å². The van der Waals surface area contributed by atoms with Crippen LogP contribution in [0, 0.1) is 0 Å². The van der Waals surface area contributed by atoms with Crippen LogP contribution in [0.3, 0.4) is 0 Å². The van der Waals surface area contributed by atoms with E-state index in [1.165, 1.54) is 12.0 Å². The van der Waals surface area contributed by atoms with Crippen molar-refractivity contribution in [3.8, 4) is 0 Å². The molecule has 0 saturated carbocycles. The van der Waals surface area contributed by atoms with Gasteiger partial charge in [-0.05, 0) is 25.3 Å². The number of rotatable bonds is 7. The third-order valence-electron chi connectivity index (χ3n) is 2.51. The Bertz CT molecular complexity index is 248. The van der Waals surface area contributed by atoms with E-state index in [1.54, 1.807) is 7.11 Å². The lowest BCUT2D eigenvalue weighted by atomic mass is 10.1. The highest BCUT2D eigenvalue weighted by Gasteiger charge is 2.00. The summed E-state index contributed by atoms with van der Waals surface area (Å²) < 4.78 is 4.99. The van der Waals surface area contributed by atoms with E-state index in [-0.39, 0.29) is 0 Å². The fourth-order valence-corrected chi connectivity index (χ4v) is 1.54. The third kappa shape index (κ3) is 5.55. The van der Waals surface area contributed by atoms with Gasteiger partial charge in [0.25, 0.3) is 0 Å². The molecule has 0 fully saturated rings. The number of nitrogens with one attached hydrogen (secondary N) is 1. The minimum Gasteiger partial charge on any atom is -0.383 e. The quantitative estimate of drug-likeness (QED) is 0.692. The summed E-state index contributed by atoms with van der Waals surface area (Å²) in [7, 11) is 1.73. The van der Waals surface area contributed by atoms with Gasteiger partial charge in [0.2, 0.25) is 0 Å². The van der Waals surface area contributed by atoms with Crippen molar-refractivity contribution in [3.63, 3.8) is 0 Å². The molecule has 1 rings (SSSR count). The van der Waals surface area contributed by atoms with Crippen molar-refractivity contribution in [2.45, 2.75) is 25.8 Å². The Kier molecular flexibility index (Phi) is 6.05. The van der Waals surface area contributed by atoms with Crippen LogP contribution in [0.2, 0.25) is 0 Å². The molecule has 0 aliphatic rings. The number of hydrogen-bond acceptors (Lipinski definition) is 2. The SMILES string of the molecule is COCCNC(C)CCc1ccccc1. The first-order valence-electron chi connectivity index (χ1n) is 5.59. The highest BCUT2D eigenvalue weighted by atomic mass is 16.5. The second-order valence-electron chi connectivity index (χ2n) is 3.87. The topological polar surface area (TPSA) is 21.3 Å². The van der Waals surface area contributed by atoms with E-state index >= 15 is 0 Å². The van der Waals surface area contributed by atoms with Crippen LogP contribution < -0.4 is 5.32 Å². The molecule has 2 nitrogen and oxygen atoms in total. The summed E-state index contributed by atoms with van der Waals surface area (Å²) in [6, 6.07) is 11.2. The zero-order chi connectivity index (χ0) is 10.9. The Hall–Kier alpha value is -0.860. The molecule has 0 bridgehead atoms. The molecule has 2 heteroatoms. The van der Waals surface area contributed by atoms with Crippen LogP contribution >= 0.6 is 0 Å². The number of methoxy groups -OCH3 is 1. The lowest BCUT2D eigenvalue weighted by Gasteiger charge is -2.13. The molecule has 15 heavy (non-hydrogen) atoms. The minimum atomic E-state index is 0.556. The van der Waals surface area contributed by atoms with E-state index < -0.39 is 0 Å². The molecule has 84 valence electrons. The predicted molar refractivity (Wildman–Crippen MR) is 64.1 cm³/mol. The summed E-state index contributed by atoms with van der Waals surface area (Å²) in [4.78, 5) is 0. The van der Waals surface area contributed by atoms with Crippen LogP contribution in [0.5, 0.6) is 0 Å². The molecular weight excluding hydrogens is 186 g/mol. The predicted octanol–water partition coefficient (Wildman–Crippen LogP) is 2.24. The van der Waals surface area contributed by atoms with E-state index in [2.05, 4.69) is 42.6 Å². The summed E-state index contributed by atoms with van der Waals surface area (Å²) in [5.74, 6) is 0. The molecule has 1 unspecified atom stereocenters. The van der Waals surface area contributed by atoms with Gasteiger partial charge < -0.3 is 10.1 Å². The molecule has 0 amide bonds. The molecule has 0 spiro atoms. The lowest BCUT2D eigenvalue weighted by Crippen LogP contribution is -2.29. The van der Waals surface area contributed by atoms with Crippen molar-refractivity contribution < 1.29 is 4.74 Å². The zero-order valence-electron chi connectivity index (χ0n) is 9.70. The molecule has 0 aliphatic carbocycles. The third-order valence-corrected chi connectivity index (χ3v) is 2.51. The fraction of sp³-hybridized carbons (Fsp3) is 0.538. The van der Waals surface area contributed by atoms with E-state index in [0.29, 0.717) is 6.04 Å². The first-order chi connectivity index (χ1) is 7.33. The normalized spacial score (nSPS) is 12.7. The minimum absolute atomic E-state index is 0.556. The molecule has 0 aromatic heterocycles. The highest BCUT2D eigenvalue weighted by molar-refractivity contribution is 5.14. The molecular formula is C13H21NO. The van der Waals surface area contributed by atoms with Crippen molar-refractivity contribution in [1.82, 2.24) is 5.32 Å². The van der Waals surface area contributed by atoms with E-state index in [4.69, 9.17) is 4.74 Å². The average Bonchev–Trinajstić information content (AvgIpc) is 2.28. The Morgan fingerprint density at radius 2 is 2.00 bits per heavy atom. The van der Waals surface area contributed by atoms with Crippen molar-refractivity contribution in [1.29, 1.82) is 0 Å². The van der Waals surface area contributed by atoms with Gasteiger partial charge >= 0.3 is 0 Å². The van der Waals surface area contributed by atoms with Crippen molar-refractivity contribution in [2.75, 3.05) is 20.3 Å². The van der Waals surface area contributed by atoms with E-state index in [9.17, 15) is 0 Å². The maximum atomic E-state index is 4.99. The molecule has 0 aliphatic heterocycles. The van der Waals surface area contributed by atoms with Crippen LogP contribution in [-0.4, -0.2) is 26.3 Å². The van der Waals surface area contributed by atoms with Crippen LogP contribution in [0.4, 0.5) is 0 Å². The maximum absolute atomic E-state index is 4.99. The van der Waals surface area contributed by atoms with Crippen molar-refractivity contribution in [3.05, 3.63) is 35.9 Å². The molecule has 1 N–H and O–H groups in total. The van der Waals surface area contributed by atoms with Gasteiger partial charge in [-0.15, -0.1) is 0 Å². The second-order valence-corrected chi connectivity index (χ2v) is 3.87. The first-order valence-corrected chi connectivity index (χ1v) is 5.59. The molecule has 1 aromatic rings. The van der Waals surface area contributed by atoms with Gasteiger partial charge in [0, 0.05) is 19.7 Å². The smallest absolute Gasteiger partial charge is 0.0587 e. The lowest BCUT2D eigenvalue weighted by molar-refractivity contribution is 0.196.